The molecule has 2 rings (SSSR count). The van der Waals surface area contributed by atoms with Crippen LogP contribution in [0.2, 0.25) is 15.2 Å². The molecule has 1 heterocycles. The van der Waals surface area contributed by atoms with Crippen LogP contribution >= 0.6 is 46.1 Å². The van der Waals surface area contributed by atoms with Gasteiger partial charge in [-0.05, 0) is 12.1 Å². The molecule has 0 bridgehead atoms. The van der Waals surface area contributed by atoms with E-state index in [1.807, 2.05) is 0 Å². The van der Waals surface area contributed by atoms with Crippen LogP contribution in [-0.4, -0.2) is 16.1 Å². The monoisotopic (exact) mass is 323 g/mol. The van der Waals surface area contributed by atoms with E-state index in [0.29, 0.717) is 15.8 Å². The molecule has 0 aliphatic rings. The van der Waals surface area contributed by atoms with Crippen molar-refractivity contribution >= 4 is 52.1 Å². The minimum absolute atomic E-state index is 0.0771. The molecule has 2 aromatic rings. The van der Waals surface area contributed by atoms with Crippen molar-refractivity contribution in [2.45, 2.75) is 0 Å². The minimum Gasteiger partial charge on any atom is -0.477 e. The Morgan fingerprint density at radius 1 is 1.28 bits per heavy atom. The molecule has 0 saturated carbocycles. The van der Waals surface area contributed by atoms with Crippen LogP contribution in [0.4, 0.5) is 0 Å². The van der Waals surface area contributed by atoms with E-state index in [0.717, 1.165) is 11.3 Å². The fourth-order valence-electron chi connectivity index (χ4n) is 1.10. The average molecular weight is 325 g/mol. The van der Waals surface area contributed by atoms with Gasteiger partial charge >= 0.3 is 5.97 Å². The maximum absolute atomic E-state index is 10.8. The highest BCUT2D eigenvalue weighted by molar-refractivity contribution is 7.15. The van der Waals surface area contributed by atoms with Gasteiger partial charge in [-0.25, -0.2) is 4.79 Å². The lowest BCUT2D eigenvalue weighted by Gasteiger charge is -2.02. The van der Waals surface area contributed by atoms with Gasteiger partial charge in [0.15, 0.2) is 10.0 Å². The number of thiazole rings is 1. The van der Waals surface area contributed by atoms with Gasteiger partial charge in [0.2, 0.25) is 0 Å². The fourth-order valence-corrected chi connectivity index (χ4v) is 2.38. The van der Waals surface area contributed by atoms with Crippen LogP contribution in [0.1, 0.15) is 9.67 Å². The van der Waals surface area contributed by atoms with E-state index in [9.17, 15) is 4.79 Å². The zero-order valence-electron chi connectivity index (χ0n) is 8.49. The summed E-state index contributed by atoms with van der Waals surface area (Å²) in [4.78, 5) is 14.5. The lowest BCUT2D eigenvalue weighted by atomic mass is 10.3. The number of carbonyl (C=O) groups is 1. The summed E-state index contributed by atoms with van der Waals surface area (Å²) in [5.41, 5.74) is 0. The Hall–Kier alpha value is -1.01. The van der Waals surface area contributed by atoms with Crippen LogP contribution in [0.25, 0.3) is 0 Å². The summed E-state index contributed by atoms with van der Waals surface area (Å²) in [6.07, 6.45) is 0. The second-order valence-corrected chi connectivity index (χ2v) is 5.22. The van der Waals surface area contributed by atoms with Crippen molar-refractivity contribution in [1.82, 2.24) is 4.98 Å². The zero-order valence-corrected chi connectivity index (χ0v) is 11.6. The van der Waals surface area contributed by atoms with E-state index in [-0.39, 0.29) is 15.2 Å². The second-order valence-electron chi connectivity index (χ2n) is 3.08. The van der Waals surface area contributed by atoms with Gasteiger partial charge in [0.25, 0.3) is 5.19 Å². The number of benzene rings is 1. The molecule has 4 nitrogen and oxygen atoms in total. The van der Waals surface area contributed by atoms with Gasteiger partial charge < -0.3 is 9.84 Å². The number of ether oxygens (including phenoxy) is 1. The first-order valence-electron chi connectivity index (χ1n) is 4.50. The van der Waals surface area contributed by atoms with E-state index in [4.69, 9.17) is 44.6 Å². The van der Waals surface area contributed by atoms with Crippen LogP contribution in [-0.2, 0) is 0 Å². The molecule has 94 valence electrons. The molecule has 18 heavy (non-hydrogen) atoms. The third-order valence-electron chi connectivity index (χ3n) is 1.86. The van der Waals surface area contributed by atoms with E-state index in [1.54, 1.807) is 12.1 Å². The summed E-state index contributed by atoms with van der Waals surface area (Å²) in [5.74, 6) is -0.756. The largest absolute Gasteiger partial charge is 0.477 e. The molecule has 1 aromatic heterocycles. The van der Waals surface area contributed by atoms with Crippen LogP contribution < -0.4 is 4.74 Å². The van der Waals surface area contributed by atoms with E-state index >= 15 is 0 Å². The van der Waals surface area contributed by atoms with Crippen LogP contribution in [0.5, 0.6) is 10.9 Å². The Morgan fingerprint density at radius 2 is 2.00 bits per heavy atom. The van der Waals surface area contributed by atoms with E-state index in [2.05, 4.69) is 4.98 Å². The number of hydrogen-bond donors (Lipinski definition) is 1. The predicted molar refractivity (Wildman–Crippen MR) is 70.6 cm³/mol. The smallest absolute Gasteiger partial charge is 0.349 e. The number of hydrogen-bond acceptors (Lipinski definition) is 4. The van der Waals surface area contributed by atoms with Crippen molar-refractivity contribution in [3.8, 4) is 10.9 Å². The van der Waals surface area contributed by atoms with Crippen LogP contribution in [0.15, 0.2) is 18.2 Å². The van der Waals surface area contributed by atoms with Gasteiger partial charge in [-0.2, -0.15) is 4.98 Å². The van der Waals surface area contributed by atoms with Gasteiger partial charge in [-0.1, -0.05) is 46.1 Å². The number of carboxylic acid groups (broad SMARTS) is 1. The number of carboxylic acids is 1. The summed E-state index contributed by atoms with van der Waals surface area (Å²) >= 11 is 18.1. The first-order valence-corrected chi connectivity index (χ1v) is 6.45. The number of rotatable bonds is 3. The normalized spacial score (nSPS) is 10.4. The van der Waals surface area contributed by atoms with E-state index < -0.39 is 5.97 Å². The molecule has 1 aromatic carbocycles. The quantitative estimate of drug-likeness (QED) is 0.896. The molecule has 1 N–H and O–H groups in total. The molecule has 0 atom stereocenters. The Morgan fingerprint density at radius 3 is 2.56 bits per heavy atom. The highest BCUT2D eigenvalue weighted by Crippen LogP contribution is 2.34. The predicted octanol–water partition coefficient (Wildman–Crippen LogP) is 4.59. The van der Waals surface area contributed by atoms with Crippen molar-refractivity contribution in [2.24, 2.45) is 0 Å². The molecular weight excluding hydrogens is 321 g/mol. The first kappa shape index (κ1) is 13.4. The Bertz CT molecular complexity index is 614. The van der Waals surface area contributed by atoms with Crippen molar-refractivity contribution in [2.75, 3.05) is 0 Å². The number of aromatic carboxylic acids is 1. The summed E-state index contributed by atoms with van der Waals surface area (Å²) in [7, 11) is 0. The Kier molecular flexibility index (Phi) is 3.97. The Balaban J connectivity index is 2.26. The van der Waals surface area contributed by atoms with Crippen LogP contribution in [0, 0.1) is 0 Å². The summed E-state index contributed by atoms with van der Waals surface area (Å²) in [6, 6.07) is 4.65. The molecule has 0 unspecified atom stereocenters. The molecule has 0 amide bonds. The SMILES string of the molecule is O=C(O)c1sc(Oc2ccc(Cl)c(Cl)c2)nc1Cl. The molecule has 0 radical (unpaired) electrons. The van der Waals surface area contributed by atoms with Crippen molar-refractivity contribution in [3.63, 3.8) is 0 Å². The standard InChI is InChI=1S/C10H4Cl3NO3S/c11-5-2-1-4(3-6(5)12)17-10-14-8(13)7(18-10)9(15)16/h1-3H,(H,15,16). The third-order valence-corrected chi connectivity index (χ3v) is 3.90. The topological polar surface area (TPSA) is 59.4 Å². The fraction of sp³-hybridized carbons (Fsp3) is 0. The van der Waals surface area contributed by atoms with E-state index in [1.165, 1.54) is 6.07 Å². The number of nitrogens with zero attached hydrogens (tertiary/aromatic N) is 1. The van der Waals surface area contributed by atoms with Gasteiger partial charge in [-0.15, -0.1) is 0 Å². The molecule has 0 spiro atoms. The average Bonchev–Trinajstić information content (AvgIpc) is 2.65. The minimum atomic E-state index is -1.15. The first-order chi connectivity index (χ1) is 8.47. The van der Waals surface area contributed by atoms with Gasteiger partial charge in [-0.3, -0.25) is 0 Å². The highest BCUT2D eigenvalue weighted by atomic mass is 35.5. The Labute approximate surface area is 121 Å². The summed E-state index contributed by atoms with van der Waals surface area (Å²) in [5, 5.41) is 9.55. The molecule has 0 aliphatic carbocycles. The zero-order chi connectivity index (χ0) is 13.3. The summed E-state index contributed by atoms with van der Waals surface area (Å²) in [6.45, 7) is 0. The molecular formula is C10H4Cl3NO3S. The maximum Gasteiger partial charge on any atom is 0.349 e. The molecule has 8 heteroatoms. The summed E-state index contributed by atoms with van der Waals surface area (Å²) < 4.78 is 5.34. The van der Waals surface area contributed by atoms with Gasteiger partial charge in [0, 0.05) is 6.07 Å². The maximum atomic E-state index is 10.8. The van der Waals surface area contributed by atoms with Crippen LogP contribution in [0.3, 0.4) is 0 Å². The third kappa shape index (κ3) is 2.87. The van der Waals surface area contributed by atoms with Crippen molar-refractivity contribution < 1.29 is 14.6 Å². The molecule has 0 saturated heterocycles. The van der Waals surface area contributed by atoms with Gasteiger partial charge in [0.05, 0.1) is 10.0 Å². The number of halogens is 3. The van der Waals surface area contributed by atoms with Crippen molar-refractivity contribution in [1.29, 1.82) is 0 Å². The van der Waals surface area contributed by atoms with Gasteiger partial charge in [0.1, 0.15) is 5.75 Å². The number of aromatic nitrogens is 1. The highest BCUT2D eigenvalue weighted by Gasteiger charge is 2.17. The lowest BCUT2D eigenvalue weighted by molar-refractivity contribution is 0.0702. The second kappa shape index (κ2) is 5.32. The van der Waals surface area contributed by atoms with Crippen molar-refractivity contribution in [3.05, 3.63) is 38.3 Å². The molecule has 0 aliphatic heterocycles. The lowest BCUT2D eigenvalue weighted by Crippen LogP contribution is -1.91. The molecule has 0 fully saturated rings.